The van der Waals surface area contributed by atoms with Crippen LogP contribution in [0.1, 0.15) is 30.8 Å². The van der Waals surface area contributed by atoms with E-state index in [-0.39, 0.29) is 24.2 Å². The lowest BCUT2D eigenvalue weighted by Gasteiger charge is -2.18. The minimum absolute atomic E-state index is 0.0610. The minimum Gasteiger partial charge on any atom is -0.368 e. The number of nitrogens with two attached hydrogens (primary N) is 1. The van der Waals surface area contributed by atoms with Gasteiger partial charge in [-0.05, 0) is 49.4 Å². The van der Waals surface area contributed by atoms with Crippen molar-refractivity contribution in [3.05, 3.63) is 56.9 Å². The molecule has 2 N–H and O–H groups in total. The fourth-order valence-electron chi connectivity index (χ4n) is 3.91. The third-order valence-electron chi connectivity index (χ3n) is 5.52. The Kier molecular flexibility index (Phi) is 4.62. The van der Waals surface area contributed by atoms with Crippen LogP contribution in [0, 0.1) is 16.4 Å². The summed E-state index contributed by atoms with van der Waals surface area (Å²) >= 11 is 2.06. The zero-order valence-corrected chi connectivity index (χ0v) is 19.6. The molecule has 11 heteroatoms. The number of fused-ring (bicyclic) bond motifs is 2. The average molecular weight is 544 g/mol. The zero-order chi connectivity index (χ0) is 22.8. The molecule has 9 nitrogen and oxygen atoms in total. The lowest BCUT2D eigenvalue weighted by Crippen LogP contribution is -2.34. The van der Waals surface area contributed by atoms with Gasteiger partial charge in [-0.15, -0.1) is 0 Å². The summed E-state index contributed by atoms with van der Waals surface area (Å²) < 4.78 is 16.5. The van der Waals surface area contributed by atoms with Gasteiger partial charge in [0, 0.05) is 17.3 Å². The van der Waals surface area contributed by atoms with Gasteiger partial charge in [0.25, 0.3) is 0 Å². The lowest BCUT2D eigenvalue weighted by atomic mass is 9.88. The van der Waals surface area contributed by atoms with Gasteiger partial charge in [-0.1, -0.05) is 18.2 Å². The van der Waals surface area contributed by atoms with Crippen molar-refractivity contribution >= 4 is 57.1 Å². The van der Waals surface area contributed by atoms with E-state index in [1.54, 1.807) is 36.0 Å². The number of carbonyl (C=O) groups is 1. The smallest absolute Gasteiger partial charge is 0.244 e. The van der Waals surface area contributed by atoms with Gasteiger partial charge in [0.1, 0.15) is 15.3 Å². The van der Waals surface area contributed by atoms with Crippen molar-refractivity contribution in [1.29, 1.82) is 0 Å². The van der Waals surface area contributed by atoms with Crippen LogP contribution in [-0.4, -0.2) is 35.6 Å². The normalized spacial score (nSPS) is 14.9. The maximum absolute atomic E-state index is 14.3. The van der Waals surface area contributed by atoms with Crippen molar-refractivity contribution in [2.75, 3.05) is 10.6 Å². The monoisotopic (exact) mass is 544 g/mol. The van der Waals surface area contributed by atoms with Gasteiger partial charge in [0.2, 0.25) is 11.9 Å². The van der Waals surface area contributed by atoms with E-state index in [4.69, 9.17) is 5.73 Å². The summed E-state index contributed by atoms with van der Waals surface area (Å²) in [5, 5.41) is 5.22. The highest BCUT2D eigenvalue weighted by atomic mass is 127. The van der Waals surface area contributed by atoms with Crippen LogP contribution in [0.25, 0.3) is 11.0 Å². The first kappa shape index (κ1) is 20.7. The number of carbonyl (C=O) groups excluding carboxylic acids is 1. The topological polar surface area (TPSA) is 116 Å². The molecule has 0 unspecified atom stereocenters. The molecule has 0 saturated heterocycles. The Morgan fingerprint density at radius 2 is 1.91 bits per heavy atom. The van der Waals surface area contributed by atoms with Crippen LogP contribution in [0.15, 0.2) is 30.5 Å². The SMILES string of the molecule is Cc1ncc2c(N3C(=O)C(C)(C)c4c(I)nc(N)nc43)nn(Cc3ccccc3F)c2n1. The third-order valence-corrected chi connectivity index (χ3v) is 6.30. The van der Waals surface area contributed by atoms with Crippen LogP contribution in [0.3, 0.4) is 0 Å². The number of rotatable bonds is 3. The molecule has 32 heavy (non-hydrogen) atoms. The van der Waals surface area contributed by atoms with Gasteiger partial charge in [0.15, 0.2) is 17.3 Å². The summed E-state index contributed by atoms with van der Waals surface area (Å²) in [7, 11) is 0. The number of amides is 1. The molecule has 4 heterocycles. The molecule has 0 aliphatic carbocycles. The summed E-state index contributed by atoms with van der Waals surface area (Å²) in [5.41, 5.74) is 6.65. The molecule has 1 amide bonds. The predicted octanol–water partition coefficient (Wildman–Crippen LogP) is 3.25. The highest BCUT2D eigenvalue weighted by Gasteiger charge is 2.49. The number of anilines is 3. The van der Waals surface area contributed by atoms with Crippen molar-refractivity contribution in [2.45, 2.75) is 32.7 Å². The molecule has 162 valence electrons. The van der Waals surface area contributed by atoms with Gasteiger partial charge >= 0.3 is 0 Å². The molecule has 0 spiro atoms. The number of aromatic nitrogens is 6. The van der Waals surface area contributed by atoms with Crippen molar-refractivity contribution in [1.82, 2.24) is 29.7 Å². The molecule has 0 fully saturated rings. The van der Waals surface area contributed by atoms with E-state index in [1.165, 1.54) is 11.0 Å². The van der Waals surface area contributed by atoms with Crippen LogP contribution in [-0.2, 0) is 16.8 Å². The first-order valence-electron chi connectivity index (χ1n) is 9.80. The van der Waals surface area contributed by atoms with E-state index in [9.17, 15) is 9.18 Å². The zero-order valence-electron chi connectivity index (χ0n) is 17.5. The summed E-state index contributed by atoms with van der Waals surface area (Å²) in [6, 6.07) is 6.47. The largest absolute Gasteiger partial charge is 0.368 e. The van der Waals surface area contributed by atoms with Crippen molar-refractivity contribution in [2.24, 2.45) is 0 Å². The minimum atomic E-state index is -0.882. The Balaban J connectivity index is 1.74. The van der Waals surface area contributed by atoms with Crippen molar-refractivity contribution < 1.29 is 9.18 Å². The molecule has 1 aliphatic heterocycles. The van der Waals surface area contributed by atoms with E-state index in [1.807, 2.05) is 13.8 Å². The number of hydrogen-bond donors (Lipinski definition) is 1. The molecule has 3 aromatic heterocycles. The Morgan fingerprint density at radius 3 is 2.66 bits per heavy atom. The first-order valence-corrected chi connectivity index (χ1v) is 10.9. The Labute approximate surface area is 196 Å². The van der Waals surface area contributed by atoms with Crippen LogP contribution >= 0.6 is 22.6 Å². The summed E-state index contributed by atoms with van der Waals surface area (Å²) in [6.45, 7) is 5.53. The summed E-state index contributed by atoms with van der Waals surface area (Å²) in [5.74, 6) is 0.738. The Hall–Kier alpha value is -3.22. The second-order valence-corrected chi connectivity index (χ2v) is 9.09. The number of nitrogen functional groups attached to an aromatic ring is 1. The van der Waals surface area contributed by atoms with Crippen molar-refractivity contribution in [3.8, 4) is 0 Å². The van der Waals surface area contributed by atoms with E-state index < -0.39 is 5.41 Å². The highest BCUT2D eigenvalue weighted by molar-refractivity contribution is 14.1. The number of halogens is 2. The van der Waals surface area contributed by atoms with E-state index >= 15 is 0 Å². The van der Waals surface area contributed by atoms with E-state index in [0.29, 0.717) is 43.3 Å². The maximum atomic E-state index is 14.3. The molecule has 0 atom stereocenters. The molecular weight excluding hydrogens is 526 g/mol. The van der Waals surface area contributed by atoms with Crippen molar-refractivity contribution in [3.63, 3.8) is 0 Å². The summed E-state index contributed by atoms with van der Waals surface area (Å²) in [4.78, 5) is 32.4. The third kappa shape index (κ3) is 3.02. The van der Waals surface area contributed by atoms with Gasteiger partial charge in [-0.25, -0.2) is 28.9 Å². The molecule has 4 aromatic rings. The number of benzene rings is 1. The molecule has 0 saturated carbocycles. The van der Waals surface area contributed by atoms with E-state index in [0.717, 1.165) is 0 Å². The standard InChI is InChI=1S/C21H18FIN8O/c1-10-25-8-12-16(26-10)30(9-11-6-4-5-7-13(11)22)29-17(12)31-18-14(21(2,3)19(31)32)15(23)27-20(24)28-18/h4-8H,9H2,1-3H3,(H2,24,27,28). The van der Waals surface area contributed by atoms with E-state index in [2.05, 4.69) is 47.6 Å². The predicted molar refractivity (Wildman–Crippen MR) is 125 cm³/mol. The second-order valence-electron chi connectivity index (χ2n) is 8.06. The quantitative estimate of drug-likeness (QED) is 0.311. The molecular formula is C21H18FIN8O. The fraction of sp³-hybridized carbons (Fsp3) is 0.238. The van der Waals surface area contributed by atoms with Gasteiger partial charge < -0.3 is 5.73 Å². The molecule has 1 aromatic carbocycles. The van der Waals surface area contributed by atoms with Crippen LogP contribution in [0.4, 0.5) is 22.0 Å². The van der Waals surface area contributed by atoms with Crippen LogP contribution in [0.5, 0.6) is 0 Å². The Bertz CT molecular complexity index is 1420. The highest BCUT2D eigenvalue weighted by Crippen LogP contribution is 2.47. The first-order chi connectivity index (χ1) is 15.2. The lowest BCUT2D eigenvalue weighted by molar-refractivity contribution is -0.121. The second kappa shape index (κ2) is 7.15. The molecule has 5 rings (SSSR count). The van der Waals surface area contributed by atoms with Gasteiger partial charge in [0.05, 0.1) is 17.3 Å². The number of hydrogen-bond acceptors (Lipinski definition) is 7. The van der Waals surface area contributed by atoms with Gasteiger partial charge in [-0.2, -0.15) is 10.1 Å². The maximum Gasteiger partial charge on any atom is 0.244 e. The molecule has 0 bridgehead atoms. The summed E-state index contributed by atoms with van der Waals surface area (Å²) in [6.07, 6.45) is 1.62. The number of aryl methyl sites for hydroxylation is 1. The Morgan fingerprint density at radius 1 is 1.16 bits per heavy atom. The molecule has 0 radical (unpaired) electrons. The fourth-order valence-corrected chi connectivity index (χ4v) is 5.07. The number of nitrogens with zero attached hydrogens (tertiary/aromatic N) is 7. The van der Waals surface area contributed by atoms with Crippen LogP contribution < -0.4 is 10.6 Å². The molecule has 1 aliphatic rings. The van der Waals surface area contributed by atoms with Gasteiger partial charge in [-0.3, -0.25) is 4.79 Å². The average Bonchev–Trinajstić information content (AvgIpc) is 3.15. The van der Waals surface area contributed by atoms with Crippen LogP contribution in [0.2, 0.25) is 0 Å².